The van der Waals surface area contributed by atoms with Gasteiger partial charge in [0.1, 0.15) is 5.01 Å². The summed E-state index contributed by atoms with van der Waals surface area (Å²) in [5, 5.41) is 13.8. The van der Waals surface area contributed by atoms with E-state index in [-0.39, 0.29) is 6.54 Å². The molecule has 1 aromatic heterocycles. The molecule has 2 amide bonds. The van der Waals surface area contributed by atoms with Crippen molar-refractivity contribution in [3.63, 3.8) is 0 Å². The van der Waals surface area contributed by atoms with Crippen LogP contribution in [-0.2, 0) is 16.1 Å². The predicted molar refractivity (Wildman–Crippen MR) is 76.6 cm³/mol. The molecule has 0 spiro atoms. The number of benzene rings is 1. The Morgan fingerprint density at radius 3 is 2.65 bits per heavy atom. The van der Waals surface area contributed by atoms with Crippen molar-refractivity contribution in [1.82, 2.24) is 15.5 Å². The molecule has 0 aliphatic rings. The second-order valence-corrected chi connectivity index (χ2v) is 5.44. The van der Waals surface area contributed by atoms with E-state index in [0.29, 0.717) is 15.2 Å². The Morgan fingerprint density at radius 1 is 1.25 bits per heavy atom. The minimum atomic E-state index is -0.784. The maximum atomic E-state index is 11.6. The number of rotatable bonds is 3. The van der Waals surface area contributed by atoms with Gasteiger partial charge in [0.2, 0.25) is 5.13 Å². The van der Waals surface area contributed by atoms with Crippen LogP contribution in [0.5, 0.6) is 0 Å². The molecule has 104 valence electrons. The SMILES string of the molecule is Cc1nnc(NC(=O)C(=O)NCc2ccccc2Cl)s1. The molecule has 20 heavy (non-hydrogen) atoms. The smallest absolute Gasteiger partial charge is 0.315 e. The van der Waals surface area contributed by atoms with E-state index in [9.17, 15) is 9.59 Å². The van der Waals surface area contributed by atoms with Gasteiger partial charge in [-0.25, -0.2) is 0 Å². The fraction of sp³-hybridized carbons (Fsp3) is 0.167. The van der Waals surface area contributed by atoms with Crippen LogP contribution in [0.4, 0.5) is 5.13 Å². The lowest BCUT2D eigenvalue weighted by molar-refractivity contribution is -0.136. The molecular weight excluding hydrogens is 300 g/mol. The van der Waals surface area contributed by atoms with Crippen LogP contribution in [0, 0.1) is 6.92 Å². The Bertz CT molecular complexity index is 644. The fourth-order valence-corrected chi connectivity index (χ4v) is 2.19. The predicted octanol–water partition coefficient (Wildman–Crippen LogP) is 1.75. The molecule has 0 bridgehead atoms. The molecule has 0 saturated heterocycles. The molecule has 0 radical (unpaired) electrons. The lowest BCUT2D eigenvalue weighted by Crippen LogP contribution is -2.35. The molecular formula is C12H11ClN4O2S. The molecule has 2 aromatic rings. The van der Waals surface area contributed by atoms with Gasteiger partial charge in [-0.05, 0) is 18.6 Å². The van der Waals surface area contributed by atoms with Crippen LogP contribution in [0.2, 0.25) is 5.02 Å². The number of anilines is 1. The van der Waals surface area contributed by atoms with Gasteiger partial charge in [-0.1, -0.05) is 41.1 Å². The first kappa shape index (κ1) is 14.4. The van der Waals surface area contributed by atoms with Gasteiger partial charge in [-0.15, -0.1) is 10.2 Å². The molecule has 0 aliphatic heterocycles. The van der Waals surface area contributed by atoms with Crippen molar-refractivity contribution in [2.75, 3.05) is 5.32 Å². The highest BCUT2D eigenvalue weighted by Gasteiger charge is 2.15. The van der Waals surface area contributed by atoms with E-state index in [0.717, 1.165) is 5.56 Å². The second kappa shape index (κ2) is 6.44. The topological polar surface area (TPSA) is 84.0 Å². The quantitative estimate of drug-likeness (QED) is 0.846. The number of carbonyl (C=O) groups excluding carboxylic acids is 2. The highest BCUT2D eigenvalue weighted by Crippen LogP contribution is 2.15. The minimum Gasteiger partial charge on any atom is -0.344 e. The number of carbonyl (C=O) groups is 2. The molecule has 0 unspecified atom stereocenters. The largest absolute Gasteiger partial charge is 0.344 e. The number of aryl methyl sites for hydroxylation is 1. The van der Waals surface area contributed by atoms with Gasteiger partial charge in [0, 0.05) is 11.6 Å². The fourth-order valence-electron chi connectivity index (χ4n) is 1.40. The molecule has 0 saturated carbocycles. The molecule has 1 heterocycles. The van der Waals surface area contributed by atoms with Gasteiger partial charge in [0.25, 0.3) is 0 Å². The number of amides is 2. The van der Waals surface area contributed by atoms with E-state index >= 15 is 0 Å². The number of aromatic nitrogens is 2. The highest BCUT2D eigenvalue weighted by atomic mass is 35.5. The first-order valence-corrected chi connectivity index (χ1v) is 6.88. The summed E-state index contributed by atoms with van der Waals surface area (Å²) in [6.07, 6.45) is 0. The molecule has 0 atom stereocenters. The van der Waals surface area contributed by atoms with E-state index in [2.05, 4.69) is 20.8 Å². The number of nitrogens with one attached hydrogen (secondary N) is 2. The van der Waals surface area contributed by atoms with Gasteiger partial charge < -0.3 is 5.32 Å². The first-order valence-electron chi connectivity index (χ1n) is 5.69. The first-order chi connectivity index (χ1) is 9.56. The third-order valence-corrected chi connectivity index (χ3v) is 3.47. The maximum absolute atomic E-state index is 11.6. The normalized spacial score (nSPS) is 10.1. The maximum Gasteiger partial charge on any atom is 0.315 e. The highest BCUT2D eigenvalue weighted by molar-refractivity contribution is 7.15. The zero-order valence-corrected chi connectivity index (χ0v) is 12.1. The number of hydrogen-bond acceptors (Lipinski definition) is 5. The lowest BCUT2D eigenvalue weighted by atomic mass is 10.2. The molecule has 6 nitrogen and oxygen atoms in total. The van der Waals surface area contributed by atoms with Crippen molar-refractivity contribution < 1.29 is 9.59 Å². The second-order valence-electron chi connectivity index (χ2n) is 3.85. The van der Waals surface area contributed by atoms with E-state index in [1.165, 1.54) is 11.3 Å². The summed E-state index contributed by atoms with van der Waals surface area (Å²) < 4.78 is 0. The third kappa shape index (κ3) is 3.75. The summed E-state index contributed by atoms with van der Waals surface area (Å²) in [5.74, 6) is -1.54. The van der Waals surface area contributed by atoms with Crippen LogP contribution >= 0.6 is 22.9 Å². The van der Waals surface area contributed by atoms with Crippen molar-refractivity contribution in [3.05, 3.63) is 39.9 Å². The average molecular weight is 311 g/mol. The van der Waals surface area contributed by atoms with Crippen LogP contribution in [0.3, 0.4) is 0 Å². The monoisotopic (exact) mass is 310 g/mol. The van der Waals surface area contributed by atoms with Crippen molar-refractivity contribution in [2.24, 2.45) is 0 Å². The standard InChI is InChI=1S/C12H11ClN4O2S/c1-7-16-17-12(20-7)15-11(19)10(18)14-6-8-4-2-3-5-9(8)13/h2-5H,6H2,1H3,(H,14,18)(H,15,17,19). The summed E-state index contributed by atoms with van der Waals surface area (Å²) >= 11 is 7.15. The lowest BCUT2D eigenvalue weighted by Gasteiger charge is -2.06. The zero-order chi connectivity index (χ0) is 14.5. The molecule has 0 fully saturated rings. The molecule has 8 heteroatoms. The van der Waals surface area contributed by atoms with E-state index in [1.807, 2.05) is 0 Å². The van der Waals surface area contributed by atoms with Gasteiger partial charge in [-0.3, -0.25) is 14.9 Å². The van der Waals surface area contributed by atoms with E-state index in [1.54, 1.807) is 31.2 Å². The number of halogens is 1. The van der Waals surface area contributed by atoms with Crippen molar-refractivity contribution in [3.8, 4) is 0 Å². The molecule has 1 aromatic carbocycles. The Kier molecular flexibility index (Phi) is 4.65. The zero-order valence-electron chi connectivity index (χ0n) is 10.5. The van der Waals surface area contributed by atoms with E-state index < -0.39 is 11.8 Å². The third-order valence-electron chi connectivity index (χ3n) is 2.35. The number of hydrogen-bond donors (Lipinski definition) is 2. The van der Waals surface area contributed by atoms with Crippen molar-refractivity contribution in [1.29, 1.82) is 0 Å². The minimum absolute atomic E-state index is 0.182. The summed E-state index contributed by atoms with van der Waals surface area (Å²) in [7, 11) is 0. The Morgan fingerprint density at radius 2 is 2.00 bits per heavy atom. The van der Waals surface area contributed by atoms with Crippen LogP contribution < -0.4 is 10.6 Å². The van der Waals surface area contributed by atoms with Gasteiger partial charge in [0.05, 0.1) is 0 Å². The van der Waals surface area contributed by atoms with E-state index in [4.69, 9.17) is 11.6 Å². The average Bonchev–Trinajstić information content (AvgIpc) is 2.82. The Labute approximate surface area is 124 Å². The summed E-state index contributed by atoms with van der Waals surface area (Å²) in [4.78, 5) is 23.2. The molecule has 0 aliphatic carbocycles. The Hall–Kier alpha value is -1.99. The summed E-state index contributed by atoms with van der Waals surface area (Å²) in [5.41, 5.74) is 0.738. The molecule has 2 rings (SSSR count). The van der Waals surface area contributed by atoms with Crippen molar-refractivity contribution in [2.45, 2.75) is 13.5 Å². The van der Waals surface area contributed by atoms with Crippen LogP contribution in [0.25, 0.3) is 0 Å². The van der Waals surface area contributed by atoms with Gasteiger partial charge >= 0.3 is 11.8 Å². The Balaban J connectivity index is 1.88. The number of nitrogens with zero attached hydrogens (tertiary/aromatic N) is 2. The van der Waals surface area contributed by atoms with Crippen LogP contribution in [-0.4, -0.2) is 22.0 Å². The summed E-state index contributed by atoms with van der Waals surface area (Å²) in [6.45, 7) is 1.94. The van der Waals surface area contributed by atoms with Gasteiger partial charge in [0.15, 0.2) is 0 Å². The summed E-state index contributed by atoms with van der Waals surface area (Å²) in [6, 6.07) is 7.08. The van der Waals surface area contributed by atoms with Crippen molar-refractivity contribution >= 4 is 39.9 Å². The van der Waals surface area contributed by atoms with Crippen LogP contribution in [0.1, 0.15) is 10.6 Å². The van der Waals surface area contributed by atoms with Gasteiger partial charge in [-0.2, -0.15) is 0 Å². The molecule has 2 N–H and O–H groups in total. The van der Waals surface area contributed by atoms with Crippen LogP contribution in [0.15, 0.2) is 24.3 Å².